The lowest BCUT2D eigenvalue weighted by molar-refractivity contribution is -0.167. The molecule has 118 valence electrons. The maximum atomic E-state index is 12.8. The summed E-state index contributed by atoms with van der Waals surface area (Å²) in [6.07, 6.45) is -0.512. The van der Waals surface area contributed by atoms with E-state index in [0.29, 0.717) is 0 Å². The topological polar surface area (TPSA) is 60.2 Å². The van der Waals surface area contributed by atoms with E-state index in [2.05, 4.69) is 10.4 Å². The number of aromatic nitrogens is 1. The summed E-state index contributed by atoms with van der Waals surface area (Å²) in [5.74, 6) is 1.20. The zero-order valence-electron chi connectivity index (χ0n) is 11.2. The van der Waals surface area contributed by atoms with Crippen molar-refractivity contribution in [2.45, 2.75) is 37.1 Å². The molecule has 0 radical (unpaired) electrons. The predicted molar refractivity (Wildman–Crippen MR) is 68.2 cm³/mol. The van der Waals surface area contributed by atoms with Gasteiger partial charge in [0.15, 0.2) is 0 Å². The largest absolute Gasteiger partial charge is 0.373 e. The van der Waals surface area contributed by atoms with Gasteiger partial charge in [0, 0.05) is 17.8 Å². The number of hydrogen-bond acceptors (Lipinski definition) is 4. The van der Waals surface area contributed by atoms with Gasteiger partial charge in [0.25, 0.3) is 0 Å². The Bertz CT molecular complexity index is 472. The van der Waals surface area contributed by atoms with Crippen LogP contribution in [0, 0.1) is 0 Å². The highest BCUT2D eigenvalue weighted by atomic mass is 19.3. The Morgan fingerprint density at radius 3 is 2.90 bits per heavy atom. The van der Waals surface area contributed by atoms with E-state index in [-0.39, 0.29) is 12.5 Å². The number of aryl methyl sites for hydroxylation is 1. The molecule has 0 amide bonds. The van der Waals surface area contributed by atoms with Crippen molar-refractivity contribution in [3.8, 4) is 0 Å². The van der Waals surface area contributed by atoms with Crippen molar-refractivity contribution >= 4 is 0 Å². The van der Waals surface area contributed by atoms with Crippen molar-refractivity contribution in [2.75, 3.05) is 13.2 Å². The van der Waals surface area contributed by atoms with Crippen LogP contribution >= 0.6 is 0 Å². The number of hydrogen-bond donors (Lipinski definition) is 2. The molecule has 2 atom stereocenters. The Balaban J connectivity index is 1.93. The fraction of sp³-hybridized carbons (Fsp3) is 0.615. The van der Waals surface area contributed by atoms with Crippen LogP contribution in [0.25, 0.3) is 0 Å². The Morgan fingerprint density at radius 1 is 1.48 bits per heavy atom. The van der Waals surface area contributed by atoms with Gasteiger partial charge in [-0.2, -0.15) is 8.78 Å². The lowest BCUT2D eigenvalue weighted by Gasteiger charge is -2.24. The molecule has 4 nitrogen and oxygen atoms in total. The lowest BCUT2D eigenvalue weighted by atomic mass is 9.98. The molecule has 1 aromatic rings. The van der Waals surface area contributed by atoms with E-state index >= 15 is 0 Å². The Morgan fingerprint density at radius 2 is 2.24 bits per heavy atom. The average molecular weight is 307 g/mol. The molecule has 1 aromatic heterocycles. The zero-order chi connectivity index (χ0) is 15.5. The predicted octanol–water partition coefficient (Wildman–Crippen LogP) is 1.86. The van der Waals surface area contributed by atoms with Gasteiger partial charge in [-0.05, 0) is 24.5 Å². The first-order chi connectivity index (χ1) is 9.95. The van der Waals surface area contributed by atoms with Crippen LogP contribution in [0.1, 0.15) is 23.6 Å². The maximum Gasteiger partial charge on any atom is 0.330 e. The minimum absolute atomic E-state index is 0.0774. The second-order valence-electron chi connectivity index (χ2n) is 5.04. The summed E-state index contributed by atoms with van der Waals surface area (Å²) in [6.45, 7) is -1.51. The molecule has 0 aliphatic heterocycles. The third-order valence-electron chi connectivity index (χ3n) is 3.61. The van der Waals surface area contributed by atoms with Gasteiger partial charge in [0.2, 0.25) is 0 Å². The summed E-state index contributed by atoms with van der Waals surface area (Å²) in [6, 6.07) is 3.32. The highest BCUT2D eigenvalue weighted by Gasteiger charge is 2.41. The second kappa shape index (κ2) is 6.67. The van der Waals surface area contributed by atoms with Gasteiger partial charge < -0.3 is 4.74 Å². The Kier molecular flexibility index (Phi) is 5.13. The number of rotatable bonds is 7. The van der Waals surface area contributed by atoms with Crippen LogP contribution in [-0.2, 0) is 11.2 Å². The quantitative estimate of drug-likeness (QED) is 0.458. The average Bonchev–Trinajstić information content (AvgIpc) is 2.87. The molecule has 2 unspecified atom stereocenters. The number of nitrogens with two attached hydrogens (primary N) is 1. The van der Waals surface area contributed by atoms with Crippen LogP contribution in [0.3, 0.4) is 0 Å². The summed E-state index contributed by atoms with van der Waals surface area (Å²) < 4.78 is 54.4. The van der Waals surface area contributed by atoms with Gasteiger partial charge in [-0.1, -0.05) is 6.07 Å². The van der Waals surface area contributed by atoms with Crippen molar-refractivity contribution in [1.82, 2.24) is 10.4 Å². The van der Waals surface area contributed by atoms with Crippen LogP contribution in [-0.4, -0.2) is 36.6 Å². The number of ether oxygens (including phenoxy) is 1. The van der Waals surface area contributed by atoms with Crippen molar-refractivity contribution in [2.24, 2.45) is 5.84 Å². The summed E-state index contributed by atoms with van der Waals surface area (Å²) >= 11 is 0. The third kappa shape index (κ3) is 3.69. The molecule has 0 spiro atoms. The van der Waals surface area contributed by atoms with Crippen LogP contribution in [0.2, 0.25) is 0 Å². The van der Waals surface area contributed by atoms with E-state index in [1.165, 1.54) is 0 Å². The van der Waals surface area contributed by atoms with Crippen LogP contribution < -0.4 is 11.3 Å². The van der Waals surface area contributed by atoms with Gasteiger partial charge in [0.1, 0.15) is 6.61 Å². The smallest absolute Gasteiger partial charge is 0.330 e. The van der Waals surface area contributed by atoms with E-state index in [0.717, 1.165) is 24.1 Å². The molecule has 1 heterocycles. The monoisotopic (exact) mass is 307 g/mol. The molecular formula is C13H17F4N3O. The molecule has 0 bridgehead atoms. The summed E-state index contributed by atoms with van der Waals surface area (Å²) in [4.78, 5) is 4.28. The van der Waals surface area contributed by atoms with Gasteiger partial charge in [-0.25, -0.2) is 8.78 Å². The standard InChI is InChI=1S/C13H17F4N3O/c14-12(15)13(16,17)7-21-6-10(20-18)9-4-3-8-2-1-5-19-11(8)9/h1-2,5,9-10,12,20H,3-4,6-7,18H2. The molecule has 0 saturated carbocycles. The third-order valence-corrected chi connectivity index (χ3v) is 3.61. The molecule has 2 rings (SSSR count). The van der Waals surface area contributed by atoms with Crippen LogP contribution in [0.5, 0.6) is 0 Å². The first kappa shape index (κ1) is 16.1. The molecule has 8 heteroatoms. The van der Waals surface area contributed by atoms with Crippen LogP contribution in [0.15, 0.2) is 18.3 Å². The highest BCUT2D eigenvalue weighted by molar-refractivity contribution is 5.29. The Labute approximate surface area is 119 Å². The summed E-state index contributed by atoms with van der Waals surface area (Å²) in [5.41, 5.74) is 4.44. The van der Waals surface area contributed by atoms with Crippen molar-refractivity contribution in [1.29, 1.82) is 0 Å². The lowest BCUT2D eigenvalue weighted by Crippen LogP contribution is -2.44. The SMILES string of the molecule is NNC(COCC(F)(F)C(F)F)C1CCc2cccnc21. The molecule has 21 heavy (non-hydrogen) atoms. The second-order valence-corrected chi connectivity index (χ2v) is 5.04. The van der Waals surface area contributed by atoms with Gasteiger partial charge in [-0.15, -0.1) is 0 Å². The fourth-order valence-corrected chi connectivity index (χ4v) is 2.50. The number of alkyl halides is 4. The Hall–Kier alpha value is -1.25. The molecule has 1 aliphatic carbocycles. The highest BCUT2D eigenvalue weighted by Crippen LogP contribution is 2.33. The molecule has 0 fully saturated rings. The molecule has 3 N–H and O–H groups in total. The van der Waals surface area contributed by atoms with Crippen molar-refractivity contribution < 1.29 is 22.3 Å². The van der Waals surface area contributed by atoms with Gasteiger partial charge >= 0.3 is 12.3 Å². The number of halogens is 4. The number of fused-ring (bicyclic) bond motifs is 1. The van der Waals surface area contributed by atoms with E-state index in [1.807, 2.05) is 12.1 Å². The van der Waals surface area contributed by atoms with E-state index in [4.69, 9.17) is 10.6 Å². The molecule has 0 aromatic carbocycles. The number of pyridine rings is 1. The number of nitrogens with one attached hydrogen (secondary N) is 1. The zero-order valence-corrected chi connectivity index (χ0v) is 11.2. The number of nitrogens with zero attached hydrogens (tertiary/aromatic N) is 1. The normalized spacial score (nSPS) is 19.8. The first-order valence-corrected chi connectivity index (χ1v) is 6.59. The minimum Gasteiger partial charge on any atom is -0.373 e. The summed E-state index contributed by atoms with van der Waals surface area (Å²) in [7, 11) is 0. The maximum absolute atomic E-state index is 12.8. The van der Waals surface area contributed by atoms with Crippen molar-refractivity contribution in [3.63, 3.8) is 0 Å². The summed E-state index contributed by atoms with van der Waals surface area (Å²) in [5, 5.41) is 0. The van der Waals surface area contributed by atoms with E-state index in [1.54, 1.807) is 6.20 Å². The van der Waals surface area contributed by atoms with Crippen LogP contribution in [0.4, 0.5) is 17.6 Å². The molecule has 0 saturated heterocycles. The molecule has 1 aliphatic rings. The first-order valence-electron chi connectivity index (χ1n) is 6.59. The minimum atomic E-state index is -4.15. The van der Waals surface area contributed by atoms with Crippen molar-refractivity contribution in [3.05, 3.63) is 29.6 Å². The van der Waals surface area contributed by atoms with Gasteiger partial charge in [-0.3, -0.25) is 16.3 Å². The van der Waals surface area contributed by atoms with Gasteiger partial charge in [0.05, 0.1) is 12.6 Å². The fourth-order valence-electron chi connectivity index (χ4n) is 2.50. The van der Waals surface area contributed by atoms with E-state index < -0.39 is 25.0 Å². The number of hydrazine groups is 1. The molecular weight excluding hydrogens is 290 g/mol. The van der Waals surface area contributed by atoms with E-state index in [9.17, 15) is 17.6 Å².